The van der Waals surface area contributed by atoms with Gasteiger partial charge >= 0.3 is 6.03 Å². The van der Waals surface area contributed by atoms with Crippen molar-refractivity contribution in [2.75, 3.05) is 5.32 Å². The lowest BCUT2D eigenvalue weighted by Crippen LogP contribution is -2.31. The number of amides is 2. The number of carbonyl (C=O) groups excluding carboxylic acids is 1. The van der Waals surface area contributed by atoms with Gasteiger partial charge in [-0.15, -0.1) is 5.10 Å². The van der Waals surface area contributed by atoms with E-state index < -0.39 is 0 Å². The second-order valence-electron chi connectivity index (χ2n) is 4.88. The fourth-order valence-electron chi connectivity index (χ4n) is 2.05. The molecule has 8 nitrogen and oxygen atoms in total. The second-order valence-corrected chi connectivity index (χ2v) is 4.88. The molecular formula is C15H15N7O. The largest absolute Gasteiger partial charge is 0.330 e. The molecule has 3 rings (SSSR count). The van der Waals surface area contributed by atoms with Crippen LogP contribution in [-0.2, 0) is 0 Å². The Morgan fingerprint density at radius 1 is 1.17 bits per heavy atom. The summed E-state index contributed by atoms with van der Waals surface area (Å²) >= 11 is 0. The zero-order valence-electron chi connectivity index (χ0n) is 12.4. The van der Waals surface area contributed by atoms with Crippen molar-refractivity contribution < 1.29 is 4.79 Å². The minimum Gasteiger partial charge on any atom is -0.330 e. The zero-order chi connectivity index (χ0) is 16.1. The van der Waals surface area contributed by atoms with Crippen molar-refractivity contribution in [3.05, 3.63) is 60.7 Å². The van der Waals surface area contributed by atoms with E-state index in [1.807, 2.05) is 37.3 Å². The molecule has 0 saturated heterocycles. The fraction of sp³-hybridized carbons (Fsp3) is 0.133. The Labute approximate surface area is 132 Å². The first-order valence-electron chi connectivity index (χ1n) is 7.04. The van der Waals surface area contributed by atoms with Crippen molar-refractivity contribution in [3.63, 3.8) is 0 Å². The molecule has 0 aliphatic rings. The van der Waals surface area contributed by atoms with Crippen LogP contribution in [0.2, 0.25) is 0 Å². The van der Waals surface area contributed by atoms with Gasteiger partial charge in [-0.2, -0.15) is 0 Å². The maximum atomic E-state index is 12.0. The molecule has 2 N–H and O–H groups in total. The Balaban J connectivity index is 1.60. The van der Waals surface area contributed by atoms with E-state index in [1.54, 1.807) is 18.3 Å². The standard InChI is InChI=1S/C15H15N7O/c1-11(14-4-2-3-9-16-14)18-15(23)19-12-5-7-13(8-6-12)22-10-17-20-21-22/h2-11H,1H3,(H2,18,19,23). The first-order chi connectivity index (χ1) is 11.2. The number of nitrogens with one attached hydrogen (secondary N) is 2. The summed E-state index contributed by atoms with van der Waals surface area (Å²) in [6, 6.07) is 12.3. The third kappa shape index (κ3) is 3.67. The van der Waals surface area contributed by atoms with E-state index in [2.05, 4.69) is 31.1 Å². The van der Waals surface area contributed by atoms with Crippen LogP contribution >= 0.6 is 0 Å². The maximum Gasteiger partial charge on any atom is 0.319 e. The number of hydrogen-bond acceptors (Lipinski definition) is 5. The van der Waals surface area contributed by atoms with Crippen LogP contribution in [0.3, 0.4) is 0 Å². The Bertz CT molecular complexity index is 756. The molecule has 23 heavy (non-hydrogen) atoms. The van der Waals surface area contributed by atoms with Gasteiger partial charge in [0.25, 0.3) is 0 Å². The van der Waals surface area contributed by atoms with Gasteiger partial charge in [-0.3, -0.25) is 4.98 Å². The number of hydrogen-bond donors (Lipinski definition) is 2. The van der Waals surface area contributed by atoms with Crippen LogP contribution in [0.4, 0.5) is 10.5 Å². The molecule has 3 aromatic rings. The van der Waals surface area contributed by atoms with Crippen LogP contribution in [0.15, 0.2) is 55.0 Å². The summed E-state index contributed by atoms with van der Waals surface area (Å²) in [5.41, 5.74) is 2.28. The number of tetrazole rings is 1. The minimum absolute atomic E-state index is 0.184. The van der Waals surface area contributed by atoms with Crippen molar-refractivity contribution in [3.8, 4) is 5.69 Å². The molecule has 1 aromatic carbocycles. The first kappa shape index (κ1) is 14.6. The number of rotatable bonds is 4. The van der Waals surface area contributed by atoms with Gasteiger partial charge in [0.2, 0.25) is 0 Å². The number of pyridine rings is 1. The van der Waals surface area contributed by atoms with Crippen molar-refractivity contribution >= 4 is 11.7 Å². The second kappa shape index (κ2) is 6.65. The highest BCUT2D eigenvalue weighted by Crippen LogP contribution is 2.13. The lowest BCUT2D eigenvalue weighted by molar-refractivity contribution is 0.249. The van der Waals surface area contributed by atoms with E-state index in [0.717, 1.165) is 11.4 Å². The third-order valence-corrected chi connectivity index (χ3v) is 3.22. The van der Waals surface area contributed by atoms with Gasteiger partial charge in [0, 0.05) is 11.9 Å². The fourth-order valence-corrected chi connectivity index (χ4v) is 2.05. The molecule has 0 spiro atoms. The smallest absolute Gasteiger partial charge is 0.319 e. The quantitative estimate of drug-likeness (QED) is 0.767. The molecule has 2 aromatic heterocycles. The summed E-state index contributed by atoms with van der Waals surface area (Å²) in [7, 11) is 0. The topological polar surface area (TPSA) is 97.6 Å². The monoisotopic (exact) mass is 309 g/mol. The van der Waals surface area contributed by atoms with Crippen LogP contribution in [0.25, 0.3) is 5.69 Å². The van der Waals surface area contributed by atoms with Gasteiger partial charge in [-0.1, -0.05) is 6.07 Å². The molecule has 0 bridgehead atoms. The molecule has 0 radical (unpaired) electrons. The Hall–Kier alpha value is -3.29. The molecule has 2 amide bonds. The van der Waals surface area contributed by atoms with Gasteiger partial charge in [0.15, 0.2) is 0 Å². The SMILES string of the molecule is CC(NC(=O)Nc1ccc(-n2cnnn2)cc1)c1ccccn1. The Morgan fingerprint density at radius 3 is 2.65 bits per heavy atom. The van der Waals surface area contributed by atoms with Gasteiger partial charge in [-0.05, 0) is 53.7 Å². The van der Waals surface area contributed by atoms with Gasteiger partial charge in [0.05, 0.1) is 17.4 Å². The number of nitrogens with zero attached hydrogens (tertiary/aromatic N) is 5. The molecule has 0 saturated carbocycles. The summed E-state index contributed by atoms with van der Waals surface area (Å²) in [5.74, 6) is 0. The molecule has 1 atom stereocenters. The highest BCUT2D eigenvalue weighted by atomic mass is 16.2. The molecule has 0 aliphatic carbocycles. The van der Waals surface area contributed by atoms with Crippen molar-refractivity contribution in [1.29, 1.82) is 0 Å². The minimum atomic E-state index is -0.293. The molecule has 8 heteroatoms. The average Bonchev–Trinajstić information content (AvgIpc) is 3.11. The van der Waals surface area contributed by atoms with E-state index in [1.165, 1.54) is 11.0 Å². The molecule has 2 heterocycles. The lowest BCUT2D eigenvalue weighted by Gasteiger charge is -2.14. The lowest BCUT2D eigenvalue weighted by atomic mass is 10.2. The predicted molar refractivity (Wildman–Crippen MR) is 84.0 cm³/mol. The number of urea groups is 1. The van der Waals surface area contributed by atoms with Gasteiger partial charge in [0.1, 0.15) is 6.33 Å². The highest BCUT2D eigenvalue weighted by molar-refractivity contribution is 5.89. The van der Waals surface area contributed by atoms with E-state index in [0.29, 0.717) is 5.69 Å². The third-order valence-electron chi connectivity index (χ3n) is 3.22. The van der Waals surface area contributed by atoms with Crippen LogP contribution < -0.4 is 10.6 Å². The van der Waals surface area contributed by atoms with Crippen LogP contribution in [0, 0.1) is 0 Å². The number of aromatic nitrogens is 5. The van der Waals surface area contributed by atoms with E-state index >= 15 is 0 Å². The zero-order valence-corrected chi connectivity index (χ0v) is 12.4. The van der Waals surface area contributed by atoms with Crippen molar-refractivity contribution in [1.82, 2.24) is 30.5 Å². The van der Waals surface area contributed by atoms with E-state index in [9.17, 15) is 4.79 Å². The molecule has 0 fully saturated rings. The average molecular weight is 309 g/mol. The van der Waals surface area contributed by atoms with Crippen molar-refractivity contribution in [2.24, 2.45) is 0 Å². The summed E-state index contributed by atoms with van der Waals surface area (Å²) in [6.45, 7) is 1.88. The molecule has 1 unspecified atom stereocenters. The van der Waals surface area contributed by atoms with Crippen LogP contribution in [-0.4, -0.2) is 31.2 Å². The van der Waals surface area contributed by atoms with Gasteiger partial charge < -0.3 is 10.6 Å². The molecular weight excluding hydrogens is 294 g/mol. The first-order valence-corrected chi connectivity index (χ1v) is 7.04. The van der Waals surface area contributed by atoms with E-state index in [4.69, 9.17) is 0 Å². The maximum absolute atomic E-state index is 12.0. The Kier molecular flexibility index (Phi) is 4.23. The molecule has 0 aliphatic heterocycles. The number of anilines is 1. The van der Waals surface area contributed by atoms with E-state index in [-0.39, 0.29) is 12.1 Å². The van der Waals surface area contributed by atoms with Gasteiger partial charge in [-0.25, -0.2) is 9.48 Å². The van der Waals surface area contributed by atoms with Crippen LogP contribution in [0.5, 0.6) is 0 Å². The highest BCUT2D eigenvalue weighted by Gasteiger charge is 2.10. The summed E-state index contributed by atoms with van der Waals surface area (Å²) in [6.07, 6.45) is 3.20. The summed E-state index contributed by atoms with van der Waals surface area (Å²) in [5, 5.41) is 16.6. The number of benzene rings is 1. The normalized spacial score (nSPS) is 11.7. The molecule has 116 valence electrons. The van der Waals surface area contributed by atoms with Crippen LogP contribution in [0.1, 0.15) is 18.7 Å². The number of carbonyl (C=O) groups is 1. The Morgan fingerprint density at radius 2 is 2.00 bits per heavy atom. The predicted octanol–water partition coefficient (Wildman–Crippen LogP) is 1.94. The van der Waals surface area contributed by atoms with Crippen molar-refractivity contribution in [2.45, 2.75) is 13.0 Å². The summed E-state index contributed by atoms with van der Waals surface area (Å²) < 4.78 is 1.53. The summed E-state index contributed by atoms with van der Waals surface area (Å²) in [4.78, 5) is 16.2.